The molecule has 5 nitrogen and oxygen atoms in total. The first kappa shape index (κ1) is 12.3. The van der Waals surface area contributed by atoms with Gasteiger partial charge in [-0.1, -0.05) is 20.8 Å². The smallest absolute Gasteiger partial charge is 0.326 e. The van der Waals surface area contributed by atoms with Gasteiger partial charge in [0.2, 0.25) is 0 Å². The molecule has 0 aliphatic rings. The van der Waals surface area contributed by atoms with Crippen LogP contribution in [0.3, 0.4) is 0 Å². The number of carboxylic acids is 1. The summed E-state index contributed by atoms with van der Waals surface area (Å²) in [6, 6.07) is 2.10. The Labute approximate surface area is 93.4 Å². The fraction of sp³-hybridized carbons (Fsp3) is 0.455. The average molecular weight is 225 g/mol. The van der Waals surface area contributed by atoms with E-state index in [4.69, 9.17) is 9.52 Å². The monoisotopic (exact) mass is 225 g/mol. The van der Waals surface area contributed by atoms with Crippen molar-refractivity contribution in [2.75, 3.05) is 0 Å². The highest BCUT2D eigenvalue weighted by Crippen LogP contribution is 2.19. The fourth-order valence-electron chi connectivity index (χ4n) is 1.26. The number of hydrogen-bond donors (Lipinski definition) is 2. The molecule has 0 spiro atoms. The Balaban J connectivity index is 2.78. The molecule has 0 saturated carbocycles. The molecule has 0 radical (unpaired) electrons. The lowest BCUT2D eigenvalue weighted by Gasteiger charge is -2.27. The van der Waals surface area contributed by atoms with E-state index in [1.807, 2.05) is 0 Å². The first-order chi connectivity index (χ1) is 7.32. The number of carboxylic acid groups (broad SMARTS) is 1. The molecule has 0 saturated heterocycles. The van der Waals surface area contributed by atoms with Crippen LogP contribution in [0.1, 0.15) is 31.3 Å². The highest BCUT2D eigenvalue weighted by atomic mass is 16.4. The van der Waals surface area contributed by atoms with Crippen LogP contribution in [0.2, 0.25) is 0 Å². The third-order valence-electron chi connectivity index (χ3n) is 2.13. The largest absolute Gasteiger partial charge is 0.480 e. The van der Waals surface area contributed by atoms with Crippen LogP contribution in [0.15, 0.2) is 22.8 Å². The molecular weight excluding hydrogens is 210 g/mol. The number of carbonyl (C=O) groups excluding carboxylic acids is 1. The molecule has 1 amide bonds. The van der Waals surface area contributed by atoms with Crippen molar-refractivity contribution in [2.24, 2.45) is 5.41 Å². The number of nitrogens with one attached hydrogen (secondary N) is 1. The van der Waals surface area contributed by atoms with Crippen molar-refractivity contribution in [3.05, 3.63) is 24.2 Å². The predicted octanol–water partition coefficient (Wildman–Crippen LogP) is 1.51. The Morgan fingerprint density at radius 3 is 2.44 bits per heavy atom. The van der Waals surface area contributed by atoms with Crippen molar-refractivity contribution >= 4 is 11.9 Å². The minimum absolute atomic E-state index is 0.107. The lowest BCUT2D eigenvalue weighted by molar-refractivity contribution is -0.142. The third-order valence-corrected chi connectivity index (χ3v) is 2.13. The zero-order valence-corrected chi connectivity index (χ0v) is 9.48. The summed E-state index contributed by atoms with van der Waals surface area (Å²) >= 11 is 0. The second-order valence-corrected chi connectivity index (χ2v) is 4.59. The molecule has 1 rings (SSSR count). The molecule has 0 aliphatic heterocycles. The fourth-order valence-corrected chi connectivity index (χ4v) is 1.26. The molecule has 1 aromatic heterocycles. The summed E-state index contributed by atoms with van der Waals surface area (Å²) in [5, 5.41) is 11.4. The van der Waals surface area contributed by atoms with Crippen LogP contribution >= 0.6 is 0 Å². The highest BCUT2D eigenvalue weighted by molar-refractivity contribution is 5.94. The maximum atomic E-state index is 11.6. The van der Waals surface area contributed by atoms with Crippen molar-refractivity contribution in [3.63, 3.8) is 0 Å². The summed E-state index contributed by atoms with van der Waals surface area (Å²) in [6.45, 7) is 5.23. The number of carbonyl (C=O) groups is 2. The molecule has 2 N–H and O–H groups in total. The third kappa shape index (κ3) is 2.85. The van der Waals surface area contributed by atoms with Gasteiger partial charge < -0.3 is 14.8 Å². The molecule has 1 aromatic rings. The van der Waals surface area contributed by atoms with Crippen LogP contribution in [0.4, 0.5) is 0 Å². The van der Waals surface area contributed by atoms with E-state index in [1.54, 1.807) is 26.8 Å². The quantitative estimate of drug-likeness (QED) is 0.817. The number of furan rings is 1. The van der Waals surface area contributed by atoms with Crippen LogP contribution in [0.5, 0.6) is 0 Å². The van der Waals surface area contributed by atoms with Crippen molar-refractivity contribution in [2.45, 2.75) is 26.8 Å². The molecule has 0 unspecified atom stereocenters. The molecule has 0 bridgehead atoms. The first-order valence-corrected chi connectivity index (χ1v) is 4.89. The van der Waals surface area contributed by atoms with Crippen molar-refractivity contribution in [1.82, 2.24) is 5.32 Å². The van der Waals surface area contributed by atoms with Gasteiger partial charge in [0.25, 0.3) is 5.91 Å². The van der Waals surface area contributed by atoms with Crippen LogP contribution in [-0.2, 0) is 4.79 Å². The predicted molar refractivity (Wildman–Crippen MR) is 57.1 cm³/mol. The van der Waals surface area contributed by atoms with Gasteiger partial charge in [-0.3, -0.25) is 4.79 Å². The average Bonchev–Trinajstić information content (AvgIpc) is 2.63. The van der Waals surface area contributed by atoms with E-state index in [0.717, 1.165) is 0 Å². The van der Waals surface area contributed by atoms with E-state index in [9.17, 15) is 9.59 Å². The molecule has 88 valence electrons. The topological polar surface area (TPSA) is 79.5 Å². The lowest BCUT2D eigenvalue weighted by Crippen LogP contribution is -2.49. The number of hydrogen-bond acceptors (Lipinski definition) is 3. The first-order valence-electron chi connectivity index (χ1n) is 4.89. The number of amides is 1. The molecular formula is C11H15NO4. The van der Waals surface area contributed by atoms with Crippen molar-refractivity contribution in [3.8, 4) is 0 Å². The summed E-state index contributed by atoms with van der Waals surface area (Å²) in [7, 11) is 0. The molecule has 1 heterocycles. The van der Waals surface area contributed by atoms with Crippen LogP contribution in [0.25, 0.3) is 0 Å². The zero-order valence-electron chi connectivity index (χ0n) is 9.48. The zero-order chi connectivity index (χ0) is 12.3. The van der Waals surface area contributed by atoms with E-state index in [2.05, 4.69) is 5.32 Å². The lowest BCUT2D eigenvalue weighted by atomic mass is 9.87. The Kier molecular flexibility index (Phi) is 3.37. The van der Waals surface area contributed by atoms with Gasteiger partial charge in [-0.2, -0.15) is 0 Å². The van der Waals surface area contributed by atoms with Crippen molar-refractivity contribution in [1.29, 1.82) is 0 Å². The number of aliphatic carboxylic acids is 1. The summed E-state index contributed by atoms with van der Waals surface area (Å²) < 4.78 is 4.88. The normalized spacial score (nSPS) is 13.2. The van der Waals surface area contributed by atoms with Crippen LogP contribution in [0, 0.1) is 5.41 Å². The molecule has 16 heavy (non-hydrogen) atoms. The molecule has 0 fully saturated rings. The van der Waals surface area contributed by atoms with E-state index in [-0.39, 0.29) is 5.76 Å². The van der Waals surface area contributed by atoms with Gasteiger partial charge in [0.1, 0.15) is 6.04 Å². The molecule has 1 atom stereocenters. The molecule has 5 heteroatoms. The Morgan fingerprint density at radius 1 is 1.44 bits per heavy atom. The highest BCUT2D eigenvalue weighted by Gasteiger charge is 2.33. The van der Waals surface area contributed by atoms with Gasteiger partial charge in [0, 0.05) is 0 Å². The Hall–Kier alpha value is -1.78. The van der Waals surface area contributed by atoms with Gasteiger partial charge in [0.05, 0.1) is 6.26 Å². The summed E-state index contributed by atoms with van der Waals surface area (Å²) in [5.74, 6) is -1.48. The summed E-state index contributed by atoms with van der Waals surface area (Å²) in [5.41, 5.74) is -0.561. The van der Waals surface area contributed by atoms with E-state index in [0.29, 0.717) is 0 Å². The second kappa shape index (κ2) is 4.38. The van der Waals surface area contributed by atoms with Gasteiger partial charge in [-0.25, -0.2) is 4.79 Å². The van der Waals surface area contributed by atoms with Gasteiger partial charge in [-0.15, -0.1) is 0 Å². The number of rotatable bonds is 3. The van der Waals surface area contributed by atoms with Crippen LogP contribution < -0.4 is 5.32 Å². The van der Waals surface area contributed by atoms with Crippen LogP contribution in [-0.4, -0.2) is 23.0 Å². The van der Waals surface area contributed by atoms with Crippen molar-refractivity contribution < 1.29 is 19.1 Å². The maximum Gasteiger partial charge on any atom is 0.326 e. The minimum Gasteiger partial charge on any atom is -0.480 e. The van der Waals surface area contributed by atoms with E-state index in [1.165, 1.54) is 12.3 Å². The molecule has 0 aliphatic carbocycles. The summed E-state index contributed by atoms with van der Waals surface area (Å²) in [4.78, 5) is 22.6. The van der Waals surface area contributed by atoms with Gasteiger partial charge in [0.15, 0.2) is 5.76 Å². The van der Waals surface area contributed by atoms with Gasteiger partial charge >= 0.3 is 5.97 Å². The Bertz CT molecular complexity index is 375. The van der Waals surface area contributed by atoms with Gasteiger partial charge in [-0.05, 0) is 17.5 Å². The standard InChI is InChI=1S/C11H15NO4/c1-11(2,3)8(10(14)15)12-9(13)7-5-4-6-16-7/h4-6,8H,1-3H3,(H,12,13)(H,14,15)/t8-/m1/s1. The second-order valence-electron chi connectivity index (χ2n) is 4.59. The minimum atomic E-state index is -1.06. The Morgan fingerprint density at radius 2 is 2.06 bits per heavy atom. The van der Waals surface area contributed by atoms with E-state index < -0.39 is 23.3 Å². The maximum absolute atomic E-state index is 11.6. The molecule has 0 aromatic carbocycles. The summed E-state index contributed by atoms with van der Waals surface area (Å²) in [6.07, 6.45) is 1.36. The van der Waals surface area contributed by atoms with E-state index >= 15 is 0 Å². The SMILES string of the molecule is CC(C)(C)[C@H](NC(=O)c1ccco1)C(=O)O.